The van der Waals surface area contributed by atoms with Gasteiger partial charge < -0.3 is 4.90 Å². The monoisotopic (exact) mass is 299 g/mol. The molecule has 0 bridgehead atoms. The lowest BCUT2D eigenvalue weighted by Crippen LogP contribution is -2.29. The SMILES string of the molecule is Cc1ccc(C(C)N(C)C(=O)c2ccc3cn[nH]c3c2)s1. The fourth-order valence-corrected chi connectivity index (χ4v) is 3.29. The first-order valence-corrected chi connectivity index (χ1v) is 7.64. The van der Waals surface area contributed by atoms with Crippen molar-refractivity contribution in [2.45, 2.75) is 19.9 Å². The topological polar surface area (TPSA) is 49.0 Å². The van der Waals surface area contributed by atoms with E-state index in [-0.39, 0.29) is 11.9 Å². The lowest BCUT2D eigenvalue weighted by atomic mass is 10.1. The number of hydrogen-bond donors (Lipinski definition) is 1. The van der Waals surface area contributed by atoms with Crippen LogP contribution in [0, 0.1) is 6.92 Å². The molecule has 4 nitrogen and oxygen atoms in total. The molecule has 3 rings (SSSR count). The van der Waals surface area contributed by atoms with Crippen molar-refractivity contribution < 1.29 is 4.79 Å². The molecule has 1 amide bonds. The summed E-state index contributed by atoms with van der Waals surface area (Å²) in [5.41, 5.74) is 1.56. The molecular weight excluding hydrogens is 282 g/mol. The van der Waals surface area contributed by atoms with Crippen molar-refractivity contribution in [2.24, 2.45) is 0 Å². The van der Waals surface area contributed by atoms with Crippen LogP contribution < -0.4 is 0 Å². The van der Waals surface area contributed by atoms with Crippen LogP contribution in [0.1, 0.15) is 33.1 Å². The Balaban J connectivity index is 1.86. The van der Waals surface area contributed by atoms with Gasteiger partial charge in [-0.2, -0.15) is 5.10 Å². The maximum absolute atomic E-state index is 12.6. The van der Waals surface area contributed by atoms with Gasteiger partial charge in [-0.25, -0.2) is 0 Å². The summed E-state index contributed by atoms with van der Waals surface area (Å²) in [5.74, 6) is 0.0186. The highest BCUT2D eigenvalue weighted by atomic mass is 32.1. The standard InChI is InChI=1S/C16H17N3OS/c1-10-4-7-15(21-10)11(2)19(3)16(20)12-5-6-13-9-17-18-14(13)8-12/h4-9,11H,1-3H3,(H,17,18). The number of nitrogens with zero attached hydrogens (tertiary/aromatic N) is 2. The molecule has 1 unspecified atom stereocenters. The molecule has 0 aliphatic carbocycles. The molecule has 0 fully saturated rings. The number of amides is 1. The third kappa shape index (κ3) is 2.56. The van der Waals surface area contributed by atoms with E-state index in [0.29, 0.717) is 5.56 Å². The van der Waals surface area contributed by atoms with E-state index >= 15 is 0 Å². The van der Waals surface area contributed by atoms with Crippen LogP contribution in [-0.2, 0) is 0 Å². The summed E-state index contributed by atoms with van der Waals surface area (Å²) in [4.78, 5) is 16.9. The van der Waals surface area contributed by atoms with Gasteiger partial charge in [0.2, 0.25) is 0 Å². The number of fused-ring (bicyclic) bond motifs is 1. The smallest absolute Gasteiger partial charge is 0.254 e. The average molecular weight is 299 g/mol. The quantitative estimate of drug-likeness (QED) is 0.800. The number of carbonyl (C=O) groups excluding carboxylic acids is 1. The number of nitrogens with one attached hydrogen (secondary N) is 1. The van der Waals surface area contributed by atoms with Crippen molar-refractivity contribution >= 4 is 28.1 Å². The predicted octanol–water partition coefficient (Wildman–Crippen LogP) is 3.77. The van der Waals surface area contributed by atoms with E-state index < -0.39 is 0 Å². The van der Waals surface area contributed by atoms with Crippen LogP contribution >= 0.6 is 11.3 Å². The van der Waals surface area contributed by atoms with Gasteiger partial charge in [0.15, 0.2) is 0 Å². The highest BCUT2D eigenvalue weighted by molar-refractivity contribution is 7.12. The summed E-state index contributed by atoms with van der Waals surface area (Å²) in [5, 5.41) is 7.89. The van der Waals surface area contributed by atoms with Gasteiger partial charge in [-0.15, -0.1) is 11.3 Å². The lowest BCUT2D eigenvalue weighted by molar-refractivity contribution is 0.0745. The van der Waals surface area contributed by atoms with Crippen LogP contribution in [0.3, 0.4) is 0 Å². The maximum atomic E-state index is 12.6. The van der Waals surface area contributed by atoms with Crippen molar-refractivity contribution in [3.63, 3.8) is 0 Å². The van der Waals surface area contributed by atoms with Gasteiger partial charge in [0.05, 0.1) is 17.8 Å². The van der Waals surface area contributed by atoms with Crippen molar-refractivity contribution in [2.75, 3.05) is 7.05 Å². The van der Waals surface area contributed by atoms with Gasteiger partial charge in [0.25, 0.3) is 5.91 Å². The second-order valence-corrected chi connectivity index (χ2v) is 6.53. The Hall–Kier alpha value is -2.14. The normalized spacial score (nSPS) is 12.5. The fourth-order valence-electron chi connectivity index (χ4n) is 2.32. The molecule has 21 heavy (non-hydrogen) atoms. The molecule has 1 N–H and O–H groups in total. The van der Waals surface area contributed by atoms with E-state index in [1.54, 1.807) is 22.4 Å². The fraction of sp³-hybridized carbons (Fsp3) is 0.250. The summed E-state index contributed by atoms with van der Waals surface area (Å²) >= 11 is 1.73. The first kappa shape index (κ1) is 13.8. The molecule has 2 heterocycles. The average Bonchev–Trinajstić information content (AvgIpc) is 3.12. The first-order chi connectivity index (χ1) is 10.1. The molecule has 108 valence electrons. The highest BCUT2D eigenvalue weighted by Crippen LogP contribution is 2.27. The second-order valence-electron chi connectivity index (χ2n) is 5.21. The predicted molar refractivity (Wildman–Crippen MR) is 85.7 cm³/mol. The zero-order valence-corrected chi connectivity index (χ0v) is 13.1. The van der Waals surface area contributed by atoms with E-state index in [0.717, 1.165) is 10.9 Å². The number of rotatable bonds is 3. The number of H-pyrrole nitrogens is 1. The summed E-state index contributed by atoms with van der Waals surface area (Å²) in [7, 11) is 1.85. The Bertz CT molecular complexity index is 790. The molecular formula is C16H17N3OS. The molecule has 0 aliphatic rings. The van der Waals surface area contributed by atoms with Gasteiger partial charge in [-0.05, 0) is 38.1 Å². The molecule has 0 radical (unpaired) electrons. The molecule has 3 aromatic rings. The highest BCUT2D eigenvalue weighted by Gasteiger charge is 2.20. The van der Waals surface area contributed by atoms with Crippen LogP contribution in [0.2, 0.25) is 0 Å². The third-order valence-electron chi connectivity index (χ3n) is 3.76. The van der Waals surface area contributed by atoms with Crippen LogP contribution in [-0.4, -0.2) is 28.1 Å². The molecule has 2 aromatic heterocycles. The van der Waals surface area contributed by atoms with E-state index in [2.05, 4.69) is 36.2 Å². The Kier molecular flexibility index (Phi) is 3.51. The molecule has 1 aromatic carbocycles. The van der Waals surface area contributed by atoms with Crippen molar-refractivity contribution in [3.8, 4) is 0 Å². The Morgan fingerprint density at radius 1 is 1.33 bits per heavy atom. The number of thiophene rings is 1. The van der Waals surface area contributed by atoms with Gasteiger partial charge in [0.1, 0.15) is 0 Å². The number of hydrogen-bond acceptors (Lipinski definition) is 3. The van der Waals surface area contributed by atoms with Crippen molar-refractivity contribution in [3.05, 3.63) is 51.8 Å². The number of carbonyl (C=O) groups is 1. The van der Waals surface area contributed by atoms with E-state index in [9.17, 15) is 4.79 Å². The van der Waals surface area contributed by atoms with Gasteiger partial charge in [-0.1, -0.05) is 6.07 Å². The maximum Gasteiger partial charge on any atom is 0.254 e. The van der Waals surface area contributed by atoms with Crippen molar-refractivity contribution in [1.29, 1.82) is 0 Å². The van der Waals surface area contributed by atoms with E-state index in [1.807, 2.05) is 25.2 Å². The minimum Gasteiger partial charge on any atom is -0.334 e. The van der Waals surface area contributed by atoms with Crippen molar-refractivity contribution in [1.82, 2.24) is 15.1 Å². The molecule has 0 spiro atoms. The second kappa shape index (κ2) is 5.33. The largest absolute Gasteiger partial charge is 0.334 e. The van der Waals surface area contributed by atoms with E-state index in [4.69, 9.17) is 0 Å². The van der Waals surface area contributed by atoms with Gasteiger partial charge in [0, 0.05) is 27.8 Å². The van der Waals surface area contributed by atoms with Crippen LogP contribution in [0.25, 0.3) is 10.9 Å². The first-order valence-electron chi connectivity index (χ1n) is 6.83. The Labute approximate surface area is 127 Å². The van der Waals surface area contributed by atoms with Crippen LogP contribution in [0.4, 0.5) is 0 Å². The number of aryl methyl sites for hydroxylation is 1. The van der Waals surface area contributed by atoms with E-state index in [1.165, 1.54) is 9.75 Å². The zero-order valence-electron chi connectivity index (χ0n) is 12.3. The van der Waals surface area contributed by atoms with Gasteiger partial charge in [-0.3, -0.25) is 9.89 Å². The zero-order chi connectivity index (χ0) is 15.0. The Morgan fingerprint density at radius 3 is 2.86 bits per heavy atom. The van der Waals surface area contributed by atoms with Crippen LogP contribution in [0.15, 0.2) is 36.5 Å². The molecule has 0 aliphatic heterocycles. The number of benzene rings is 1. The minimum absolute atomic E-state index is 0.0186. The molecule has 5 heteroatoms. The third-order valence-corrected chi connectivity index (χ3v) is 4.93. The van der Waals surface area contributed by atoms with Crippen LogP contribution in [0.5, 0.6) is 0 Å². The molecule has 1 atom stereocenters. The van der Waals surface area contributed by atoms with Gasteiger partial charge >= 0.3 is 0 Å². The number of aromatic amines is 1. The summed E-state index contributed by atoms with van der Waals surface area (Å²) in [6.45, 7) is 4.13. The molecule has 0 saturated carbocycles. The molecule has 0 saturated heterocycles. The Morgan fingerprint density at radius 2 is 2.14 bits per heavy atom. The summed E-state index contributed by atoms with van der Waals surface area (Å²) < 4.78 is 0. The summed E-state index contributed by atoms with van der Waals surface area (Å²) in [6, 6.07) is 9.86. The minimum atomic E-state index is 0.0186. The summed E-state index contributed by atoms with van der Waals surface area (Å²) in [6.07, 6.45) is 1.75. The lowest BCUT2D eigenvalue weighted by Gasteiger charge is -2.24. The number of aromatic nitrogens is 2.